The van der Waals surface area contributed by atoms with E-state index >= 15 is 0 Å². The molecule has 0 spiro atoms. The number of nitrogen functional groups attached to an aromatic ring is 1. The second-order valence-electron chi connectivity index (χ2n) is 4.71. The van der Waals surface area contributed by atoms with Gasteiger partial charge in [0.25, 0.3) is 0 Å². The van der Waals surface area contributed by atoms with E-state index in [4.69, 9.17) is 10.5 Å². The predicted octanol–water partition coefficient (Wildman–Crippen LogP) is 2.56. The molecule has 1 heterocycles. The van der Waals surface area contributed by atoms with Crippen molar-refractivity contribution in [1.82, 2.24) is 9.97 Å². The number of nitrogens with one attached hydrogen (secondary N) is 1. The summed E-state index contributed by atoms with van der Waals surface area (Å²) in [6.07, 6.45) is 0.229. The highest BCUT2D eigenvalue weighted by Crippen LogP contribution is 2.18. The molecule has 0 aliphatic rings. The number of ether oxygens (including phenoxy) is 1. The maximum atomic E-state index is 5.83. The maximum Gasteiger partial charge on any atom is 0.163 e. The summed E-state index contributed by atoms with van der Waals surface area (Å²) in [6.45, 7) is 5.33. The van der Waals surface area contributed by atoms with Crippen molar-refractivity contribution in [2.45, 2.75) is 20.0 Å². The lowest BCUT2D eigenvalue weighted by Gasteiger charge is -2.10. The Bertz CT molecular complexity index is 543. The van der Waals surface area contributed by atoms with Crippen LogP contribution in [0.25, 0.3) is 11.4 Å². The minimum Gasteiger partial charge on any atom is -0.384 e. The highest BCUT2D eigenvalue weighted by Gasteiger charge is 2.04. The molecule has 0 saturated carbocycles. The fourth-order valence-corrected chi connectivity index (χ4v) is 1.75. The number of aromatic nitrogens is 2. The molecule has 0 atom stereocenters. The van der Waals surface area contributed by atoms with Crippen LogP contribution in [0.5, 0.6) is 0 Å². The number of rotatable bonds is 6. The van der Waals surface area contributed by atoms with Crippen LogP contribution in [0.15, 0.2) is 36.4 Å². The van der Waals surface area contributed by atoms with Crippen LogP contribution in [-0.4, -0.2) is 29.2 Å². The first-order valence-corrected chi connectivity index (χ1v) is 6.70. The Morgan fingerprint density at radius 1 is 1.20 bits per heavy atom. The molecule has 0 aliphatic carbocycles. The molecule has 2 rings (SSSR count). The van der Waals surface area contributed by atoms with Crippen molar-refractivity contribution in [1.29, 1.82) is 0 Å². The third-order valence-corrected chi connectivity index (χ3v) is 2.64. The molecule has 0 amide bonds. The Hall–Kier alpha value is -2.14. The van der Waals surface area contributed by atoms with Gasteiger partial charge < -0.3 is 15.8 Å². The van der Waals surface area contributed by atoms with Crippen molar-refractivity contribution in [3.8, 4) is 11.4 Å². The summed E-state index contributed by atoms with van der Waals surface area (Å²) in [5.41, 5.74) is 6.77. The highest BCUT2D eigenvalue weighted by molar-refractivity contribution is 5.60. The SMILES string of the molecule is CC(C)OCCNc1cc(N)nc(-c2ccccc2)n1. The Balaban J connectivity index is 2.05. The third-order valence-electron chi connectivity index (χ3n) is 2.64. The van der Waals surface area contributed by atoms with Crippen LogP contribution >= 0.6 is 0 Å². The van der Waals surface area contributed by atoms with Crippen LogP contribution < -0.4 is 11.1 Å². The molecule has 106 valence electrons. The van der Waals surface area contributed by atoms with Crippen molar-refractivity contribution >= 4 is 11.6 Å². The van der Waals surface area contributed by atoms with E-state index in [1.54, 1.807) is 6.07 Å². The number of anilines is 2. The molecule has 20 heavy (non-hydrogen) atoms. The molecule has 5 nitrogen and oxygen atoms in total. The largest absolute Gasteiger partial charge is 0.384 e. The summed E-state index contributed by atoms with van der Waals surface area (Å²) < 4.78 is 5.47. The molecule has 2 aromatic rings. The molecule has 0 unspecified atom stereocenters. The van der Waals surface area contributed by atoms with E-state index in [1.165, 1.54) is 0 Å². The maximum absolute atomic E-state index is 5.83. The van der Waals surface area contributed by atoms with Gasteiger partial charge in [-0.05, 0) is 13.8 Å². The van der Waals surface area contributed by atoms with E-state index in [0.717, 1.165) is 5.56 Å². The number of nitrogens with two attached hydrogens (primary N) is 1. The number of hydrogen-bond acceptors (Lipinski definition) is 5. The monoisotopic (exact) mass is 272 g/mol. The summed E-state index contributed by atoms with van der Waals surface area (Å²) in [5.74, 6) is 1.78. The van der Waals surface area contributed by atoms with Crippen molar-refractivity contribution < 1.29 is 4.74 Å². The summed E-state index contributed by atoms with van der Waals surface area (Å²) in [6, 6.07) is 11.5. The minimum absolute atomic E-state index is 0.229. The van der Waals surface area contributed by atoms with Gasteiger partial charge in [0.1, 0.15) is 11.6 Å². The first kappa shape index (κ1) is 14.3. The summed E-state index contributed by atoms with van der Waals surface area (Å²) in [7, 11) is 0. The average molecular weight is 272 g/mol. The fraction of sp³-hybridized carbons (Fsp3) is 0.333. The summed E-state index contributed by atoms with van der Waals surface area (Å²) in [5, 5.41) is 3.19. The van der Waals surface area contributed by atoms with Crippen LogP contribution in [0.2, 0.25) is 0 Å². The zero-order chi connectivity index (χ0) is 14.4. The van der Waals surface area contributed by atoms with Gasteiger partial charge in [-0.2, -0.15) is 0 Å². The normalized spacial score (nSPS) is 10.8. The van der Waals surface area contributed by atoms with Gasteiger partial charge in [0.05, 0.1) is 12.7 Å². The van der Waals surface area contributed by atoms with E-state index in [-0.39, 0.29) is 6.10 Å². The van der Waals surface area contributed by atoms with Gasteiger partial charge in [-0.25, -0.2) is 9.97 Å². The molecule has 0 radical (unpaired) electrons. The highest BCUT2D eigenvalue weighted by atomic mass is 16.5. The summed E-state index contributed by atoms with van der Waals surface area (Å²) >= 11 is 0. The second-order valence-corrected chi connectivity index (χ2v) is 4.71. The number of nitrogens with zero attached hydrogens (tertiary/aromatic N) is 2. The van der Waals surface area contributed by atoms with Gasteiger partial charge in [-0.15, -0.1) is 0 Å². The van der Waals surface area contributed by atoms with E-state index in [1.807, 2.05) is 44.2 Å². The fourth-order valence-electron chi connectivity index (χ4n) is 1.75. The van der Waals surface area contributed by atoms with Gasteiger partial charge in [-0.1, -0.05) is 30.3 Å². The lowest BCUT2D eigenvalue weighted by atomic mass is 10.2. The molecule has 3 N–H and O–H groups in total. The first-order chi connectivity index (χ1) is 9.65. The van der Waals surface area contributed by atoms with Crippen LogP contribution in [0.1, 0.15) is 13.8 Å². The van der Waals surface area contributed by atoms with Crippen molar-refractivity contribution in [2.24, 2.45) is 0 Å². The molecular formula is C15H20N4O. The smallest absolute Gasteiger partial charge is 0.163 e. The van der Waals surface area contributed by atoms with Crippen LogP contribution in [0.3, 0.4) is 0 Å². The minimum atomic E-state index is 0.229. The van der Waals surface area contributed by atoms with Crippen molar-refractivity contribution in [3.05, 3.63) is 36.4 Å². The predicted molar refractivity (Wildman–Crippen MR) is 81.5 cm³/mol. The molecule has 1 aromatic heterocycles. The van der Waals surface area contributed by atoms with Crippen molar-refractivity contribution in [2.75, 3.05) is 24.2 Å². The van der Waals surface area contributed by atoms with Crippen molar-refractivity contribution in [3.63, 3.8) is 0 Å². The second kappa shape index (κ2) is 6.86. The molecule has 0 bridgehead atoms. The number of hydrogen-bond donors (Lipinski definition) is 2. The Labute approximate surface area is 119 Å². The zero-order valence-corrected chi connectivity index (χ0v) is 11.8. The zero-order valence-electron chi connectivity index (χ0n) is 11.8. The topological polar surface area (TPSA) is 73.1 Å². The van der Waals surface area contributed by atoms with Gasteiger partial charge in [-0.3, -0.25) is 0 Å². The van der Waals surface area contributed by atoms with Gasteiger partial charge in [0.2, 0.25) is 0 Å². The molecular weight excluding hydrogens is 252 g/mol. The van der Waals surface area contributed by atoms with E-state index < -0.39 is 0 Å². The Morgan fingerprint density at radius 3 is 2.65 bits per heavy atom. The van der Waals surface area contributed by atoms with Gasteiger partial charge in [0.15, 0.2) is 5.82 Å². The van der Waals surface area contributed by atoms with E-state index in [9.17, 15) is 0 Å². The number of benzene rings is 1. The molecule has 5 heteroatoms. The molecule has 0 saturated heterocycles. The third kappa shape index (κ3) is 4.20. The first-order valence-electron chi connectivity index (χ1n) is 6.70. The van der Waals surface area contributed by atoms with Gasteiger partial charge >= 0.3 is 0 Å². The van der Waals surface area contributed by atoms with E-state index in [0.29, 0.717) is 30.6 Å². The van der Waals surface area contributed by atoms with Crippen LogP contribution in [-0.2, 0) is 4.74 Å². The van der Waals surface area contributed by atoms with Gasteiger partial charge in [0, 0.05) is 18.2 Å². The van der Waals surface area contributed by atoms with Crippen LogP contribution in [0.4, 0.5) is 11.6 Å². The quantitative estimate of drug-likeness (QED) is 0.791. The Morgan fingerprint density at radius 2 is 1.95 bits per heavy atom. The average Bonchev–Trinajstić information content (AvgIpc) is 2.44. The van der Waals surface area contributed by atoms with E-state index in [2.05, 4.69) is 15.3 Å². The standard InChI is InChI=1S/C15H20N4O/c1-11(2)20-9-8-17-14-10-13(16)18-15(19-14)12-6-4-3-5-7-12/h3-7,10-11H,8-9H2,1-2H3,(H3,16,17,18,19). The molecule has 0 fully saturated rings. The summed E-state index contributed by atoms with van der Waals surface area (Å²) in [4.78, 5) is 8.72. The lowest BCUT2D eigenvalue weighted by Crippen LogP contribution is -2.14. The molecule has 1 aromatic carbocycles. The Kier molecular flexibility index (Phi) is 4.90. The van der Waals surface area contributed by atoms with Crippen LogP contribution in [0, 0.1) is 0 Å². The lowest BCUT2D eigenvalue weighted by molar-refractivity contribution is 0.0870. The molecule has 0 aliphatic heterocycles.